The number of rotatable bonds is 7. The van der Waals surface area contributed by atoms with Gasteiger partial charge < -0.3 is 9.15 Å². The molecule has 0 spiro atoms. The number of nitrogens with zero attached hydrogens (tertiary/aromatic N) is 4. The van der Waals surface area contributed by atoms with Gasteiger partial charge in [-0.1, -0.05) is 23.4 Å². The first-order chi connectivity index (χ1) is 11.4. The fourth-order valence-electron chi connectivity index (χ4n) is 2.27. The van der Waals surface area contributed by atoms with Crippen LogP contribution in [0, 0.1) is 11.3 Å². The third-order valence-corrected chi connectivity index (χ3v) is 3.37. The number of ether oxygens (including phenoxy) is 1. The quantitative estimate of drug-likeness (QED) is 0.626. The summed E-state index contributed by atoms with van der Waals surface area (Å²) in [5, 5.41) is 17.1. The van der Waals surface area contributed by atoms with Gasteiger partial charge in [0, 0.05) is 6.54 Å². The Morgan fingerprint density at radius 1 is 1.13 bits per heavy atom. The van der Waals surface area contributed by atoms with E-state index in [1.807, 2.05) is 36.4 Å². The molecule has 3 aromatic rings. The minimum Gasteiger partial charge on any atom is -0.494 e. The van der Waals surface area contributed by atoms with Crippen LogP contribution in [-0.4, -0.2) is 21.6 Å². The molecule has 2 aromatic heterocycles. The summed E-state index contributed by atoms with van der Waals surface area (Å²) in [4.78, 5) is 0. The molecule has 0 bridgehead atoms. The van der Waals surface area contributed by atoms with Crippen LogP contribution in [0.25, 0.3) is 11.5 Å². The van der Waals surface area contributed by atoms with E-state index in [9.17, 15) is 0 Å². The van der Waals surface area contributed by atoms with Gasteiger partial charge >= 0.3 is 0 Å². The van der Waals surface area contributed by atoms with Crippen molar-refractivity contribution >= 4 is 0 Å². The standard InChI is InChI=1S/C17H16N4O2/c18-13-15-17(16-9-6-12-23-16)21(20-19-15)10-4-5-11-22-14-7-2-1-3-8-14/h1-3,6-9,12H,4-5,10-11H2. The second kappa shape index (κ2) is 7.27. The molecule has 1 aromatic carbocycles. The zero-order valence-corrected chi connectivity index (χ0v) is 12.6. The van der Waals surface area contributed by atoms with E-state index in [0.29, 0.717) is 24.6 Å². The Bertz CT molecular complexity index is 773. The Kier molecular flexibility index (Phi) is 4.69. The van der Waals surface area contributed by atoms with Gasteiger partial charge in [0.2, 0.25) is 0 Å². The number of unbranched alkanes of at least 4 members (excludes halogenated alkanes) is 1. The molecule has 0 aliphatic heterocycles. The zero-order chi connectivity index (χ0) is 15.9. The van der Waals surface area contributed by atoms with Crippen molar-refractivity contribution in [1.29, 1.82) is 5.26 Å². The maximum Gasteiger partial charge on any atom is 0.193 e. The third kappa shape index (κ3) is 3.58. The van der Waals surface area contributed by atoms with E-state index in [4.69, 9.17) is 14.4 Å². The lowest BCUT2D eigenvalue weighted by Gasteiger charge is -2.07. The molecular formula is C17H16N4O2. The number of aromatic nitrogens is 3. The molecule has 0 aliphatic carbocycles. The van der Waals surface area contributed by atoms with Crippen LogP contribution in [0.5, 0.6) is 5.75 Å². The SMILES string of the molecule is N#Cc1nnn(CCCCOc2ccccc2)c1-c1ccco1. The summed E-state index contributed by atoms with van der Waals surface area (Å²) in [6.45, 7) is 1.29. The van der Waals surface area contributed by atoms with Crippen molar-refractivity contribution in [3.63, 3.8) is 0 Å². The molecule has 6 heteroatoms. The minimum absolute atomic E-state index is 0.278. The maximum absolute atomic E-state index is 9.14. The van der Waals surface area contributed by atoms with Gasteiger partial charge in [-0.05, 0) is 37.1 Å². The van der Waals surface area contributed by atoms with E-state index in [2.05, 4.69) is 10.3 Å². The molecule has 0 fully saturated rings. The molecule has 0 saturated carbocycles. The van der Waals surface area contributed by atoms with Gasteiger partial charge in [-0.2, -0.15) is 5.26 Å². The maximum atomic E-state index is 9.14. The molecule has 3 rings (SSSR count). The van der Waals surface area contributed by atoms with Crippen LogP contribution in [-0.2, 0) is 6.54 Å². The van der Waals surface area contributed by atoms with Crippen LogP contribution < -0.4 is 4.74 Å². The lowest BCUT2D eigenvalue weighted by atomic mass is 10.2. The van der Waals surface area contributed by atoms with Crippen LogP contribution in [0.4, 0.5) is 0 Å². The summed E-state index contributed by atoms with van der Waals surface area (Å²) in [5.41, 5.74) is 0.905. The fraction of sp³-hybridized carbons (Fsp3) is 0.235. The molecule has 6 nitrogen and oxygen atoms in total. The van der Waals surface area contributed by atoms with Crippen molar-refractivity contribution in [3.05, 3.63) is 54.4 Å². The van der Waals surface area contributed by atoms with E-state index in [1.165, 1.54) is 0 Å². The van der Waals surface area contributed by atoms with Crippen LogP contribution in [0.15, 0.2) is 53.1 Å². The van der Waals surface area contributed by atoms with E-state index in [0.717, 1.165) is 18.6 Å². The summed E-state index contributed by atoms with van der Waals surface area (Å²) in [6.07, 6.45) is 3.32. The smallest absolute Gasteiger partial charge is 0.193 e. The second-order valence-electron chi connectivity index (χ2n) is 4.97. The third-order valence-electron chi connectivity index (χ3n) is 3.37. The van der Waals surface area contributed by atoms with Gasteiger partial charge in [0.05, 0.1) is 12.9 Å². The Morgan fingerprint density at radius 2 is 2.00 bits per heavy atom. The topological polar surface area (TPSA) is 76.9 Å². The highest BCUT2D eigenvalue weighted by Gasteiger charge is 2.16. The summed E-state index contributed by atoms with van der Waals surface area (Å²) in [6, 6.07) is 15.4. The summed E-state index contributed by atoms with van der Waals surface area (Å²) in [5.74, 6) is 1.48. The number of benzene rings is 1. The number of furan rings is 1. The highest BCUT2D eigenvalue weighted by molar-refractivity contribution is 5.58. The molecule has 0 unspecified atom stereocenters. The van der Waals surface area contributed by atoms with Crippen molar-refractivity contribution in [1.82, 2.24) is 15.0 Å². The molecule has 23 heavy (non-hydrogen) atoms. The first kappa shape index (κ1) is 14.9. The van der Waals surface area contributed by atoms with Gasteiger partial charge in [-0.25, -0.2) is 4.68 Å². The van der Waals surface area contributed by atoms with Crippen LogP contribution in [0.3, 0.4) is 0 Å². The monoisotopic (exact) mass is 308 g/mol. The highest BCUT2D eigenvalue weighted by Crippen LogP contribution is 2.22. The van der Waals surface area contributed by atoms with Crippen molar-refractivity contribution in [3.8, 4) is 23.3 Å². The fourth-order valence-corrected chi connectivity index (χ4v) is 2.27. The van der Waals surface area contributed by atoms with Crippen molar-refractivity contribution in [2.24, 2.45) is 0 Å². The molecule has 0 atom stereocenters. The molecule has 2 heterocycles. The largest absolute Gasteiger partial charge is 0.494 e. The van der Waals surface area contributed by atoms with Crippen LogP contribution >= 0.6 is 0 Å². The van der Waals surface area contributed by atoms with Crippen LogP contribution in [0.2, 0.25) is 0 Å². The molecule has 0 saturated heterocycles. The summed E-state index contributed by atoms with van der Waals surface area (Å²) < 4.78 is 12.7. The number of hydrogen-bond donors (Lipinski definition) is 0. The molecular weight excluding hydrogens is 292 g/mol. The van der Waals surface area contributed by atoms with Gasteiger partial charge in [0.15, 0.2) is 11.5 Å². The minimum atomic E-state index is 0.278. The summed E-state index contributed by atoms with van der Waals surface area (Å²) >= 11 is 0. The Hall–Kier alpha value is -3.07. The first-order valence-electron chi connectivity index (χ1n) is 7.44. The molecule has 0 amide bonds. The Balaban J connectivity index is 1.55. The zero-order valence-electron chi connectivity index (χ0n) is 12.6. The number of para-hydroxylation sites is 1. The Morgan fingerprint density at radius 3 is 2.74 bits per heavy atom. The van der Waals surface area contributed by atoms with Crippen molar-refractivity contribution in [2.75, 3.05) is 6.61 Å². The van der Waals surface area contributed by atoms with Crippen LogP contribution in [0.1, 0.15) is 18.5 Å². The lowest BCUT2D eigenvalue weighted by molar-refractivity contribution is 0.301. The number of nitriles is 1. The van der Waals surface area contributed by atoms with E-state index < -0.39 is 0 Å². The number of hydrogen-bond acceptors (Lipinski definition) is 5. The second-order valence-corrected chi connectivity index (χ2v) is 4.97. The lowest BCUT2D eigenvalue weighted by Crippen LogP contribution is -2.05. The highest BCUT2D eigenvalue weighted by atomic mass is 16.5. The van der Waals surface area contributed by atoms with Crippen molar-refractivity contribution in [2.45, 2.75) is 19.4 Å². The predicted octanol–water partition coefficient (Wildman–Crippen LogP) is 3.27. The molecule has 116 valence electrons. The van der Waals surface area contributed by atoms with Gasteiger partial charge in [-0.15, -0.1) is 5.10 Å². The van der Waals surface area contributed by atoms with Gasteiger partial charge in [0.25, 0.3) is 0 Å². The van der Waals surface area contributed by atoms with Gasteiger partial charge in [0.1, 0.15) is 17.5 Å². The molecule has 0 radical (unpaired) electrons. The number of aryl methyl sites for hydroxylation is 1. The average Bonchev–Trinajstić information content (AvgIpc) is 3.24. The average molecular weight is 308 g/mol. The van der Waals surface area contributed by atoms with Crippen molar-refractivity contribution < 1.29 is 9.15 Å². The normalized spacial score (nSPS) is 10.4. The molecule has 0 aliphatic rings. The van der Waals surface area contributed by atoms with Gasteiger partial charge in [-0.3, -0.25) is 0 Å². The Labute approximate surface area is 133 Å². The first-order valence-corrected chi connectivity index (χ1v) is 7.44. The van der Waals surface area contributed by atoms with E-state index in [1.54, 1.807) is 23.1 Å². The van der Waals surface area contributed by atoms with E-state index in [-0.39, 0.29) is 5.69 Å². The predicted molar refractivity (Wildman–Crippen MR) is 83.6 cm³/mol. The van der Waals surface area contributed by atoms with E-state index >= 15 is 0 Å². The molecule has 0 N–H and O–H groups in total. The summed E-state index contributed by atoms with van der Waals surface area (Å²) in [7, 11) is 0.